The Balaban J connectivity index is 2.11. The molecule has 0 aliphatic heterocycles. The highest BCUT2D eigenvalue weighted by Gasteiger charge is 2.37. The van der Waals surface area contributed by atoms with E-state index in [1.54, 1.807) is 6.92 Å². The van der Waals surface area contributed by atoms with E-state index in [0.29, 0.717) is 21.8 Å². The molecule has 0 radical (unpaired) electrons. The lowest BCUT2D eigenvalue weighted by Gasteiger charge is -2.14. The van der Waals surface area contributed by atoms with Gasteiger partial charge in [-0.2, -0.15) is 18.3 Å². The van der Waals surface area contributed by atoms with Gasteiger partial charge in [0.25, 0.3) is 11.8 Å². The maximum absolute atomic E-state index is 13.3. The zero-order chi connectivity index (χ0) is 23.6. The third kappa shape index (κ3) is 5.05. The molecule has 13 heteroatoms. The summed E-state index contributed by atoms with van der Waals surface area (Å²) in [5.41, 5.74) is -1.91. The second-order valence-corrected chi connectivity index (χ2v) is 7.99. The minimum atomic E-state index is -4.83. The van der Waals surface area contributed by atoms with Gasteiger partial charge in [0.05, 0.1) is 21.3 Å². The summed E-state index contributed by atoms with van der Waals surface area (Å²) >= 11 is 15.5. The van der Waals surface area contributed by atoms with Crippen molar-refractivity contribution in [1.82, 2.24) is 20.1 Å². The summed E-state index contributed by atoms with van der Waals surface area (Å²) in [6.07, 6.45) is -3.54. The molecule has 0 saturated carbocycles. The molecule has 0 aliphatic rings. The fraction of sp³-hybridized carbons (Fsp3) is 0.158. The van der Waals surface area contributed by atoms with Crippen LogP contribution >= 0.6 is 39.1 Å². The summed E-state index contributed by atoms with van der Waals surface area (Å²) < 4.78 is 41.1. The number of benzene rings is 1. The molecule has 0 saturated heterocycles. The van der Waals surface area contributed by atoms with Gasteiger partial charge in [0.15, 0.2) is 11.5 Å². The van der Waals surface area contributed by atoms with Crippen molar-refractivity contribution >= 4 is 56.6 Å². The van der Waals surface area contributed by atoms with Crippen LogP contribution in [0.1, 0.15) is 33.5 Å². The first-order valence-corrected chi connectivity index (χ1v) is 10.4. The van der Waals surface area contributed by atoms with E-state index in [4.69, 9.17) is 23.2 Å². The Morgan fingerprint density at radius 1 is 1.16 bits per heavy atom. The van der Waals surface area contributed by atoms with Crippen LogP contribution < -0.4 is 10.6 Å². The van der Waals surface area contributed by atoms with Gasteiger partial charge < -0.3 is 10.6 Å². The molecule has 0 bridgehead atoms. The predicted molar refractivity (Wildman–Crippen MR) is 116 cm³/mol. The lowest BCUT2D eigenvalue weighted by molar-refractivity contribution is -0.141. The molecule has 1 aromatic carbocycles. The van der Waals surface area contributed by atoms with Crippen LogP contribution in [0, 0.1) is 0 Å². The van der Waals surface area contributed by atoms with Gasteiger partial charge in [0, 0.05) is 23.3 Å². The van der Waals surface area contributed by atoms with Gasteiger partial charge in [-0.1, -0.05) is 39.1 Å². The van der Waals surface area contributed by atoms with Crippen LogP contribution in [0.4, 0.5) is 18.9 Å². The average Bonchev–Trinajstić information content (AvgIpc) is 3.16. The van der Waals surface area contributed by atoms with Crippen molar-refractivity contribution in [3.8, 4) is 5.82 Å². The number of hydrogen-bond acceptors (Lipinski definition) is 4. The summed E-state index contributed by atoms with van der Waals surface area (Å²) in [7, 11) is 0. The largest absolute Gasteiger partial charge is 0.435 e. The Morgan fingerprint density at radius 3 is 2.50 bits per heavy atom. The third-order valence-electron chi connectivity index (χ3n) is 4.05. The van der Waals surface area contributed by atoms with E-state index in [-0.39, 0.29) is 27.1 Å². The smallest absolute Gasteiger partial charge is 0.352 e. The number of carbonyl (C=O) groups excluding carboxylic acids is 2. The molecular weight excluding hydrogens is 538 g/mol. The Hall–Kier alpha value is -2.63. The summed E-state index contributed by atoms with van der Waals surface area (Å²) in [5, 5.41) is 8.41. The molecular formula is C19H13BrCl2F3N5O2. The predicted octanol–water partition coefficient (Wildman–Crippen LogP) is 5.36. The van der Waals surface area contributed by atoms with Gasteiger partial charge in [-0.25, -0.2) is 9.67 Å². The van der Waals surface area contributed by atoms with Crippen molar-refractivity contribution < 1.29 is 22.8 Å². The van der Waals surface area contributed by atoms with Crippen LogP contribution in [0.2, 0.25) is 10.0 Å². The minimum Gasteiger partial charge on any atom is -0.352 e. The monoisotopic (exact) mass is 549 g/mol. The number of nitrogens with one attached hydrogen (secondary N) is 2. The number of rotatable bonds is 5. The molecule has 2 heterocycles. The van der Waals surface area contributed by atoms with Gasteiger partial charge in [-0.3, -0.25) is 9.59 Å². The van der Waals surface area contributed by atoms with Gasteiger partial charge >= 0.3 is 6.18 Å². The van der Waals surface area contributed by atoms with Crippen LogP contribution in [0.25, 0.3) is 5.82 Å². The summed E-state index contributed by atoms with van der Waals surface area (Å²) in [5.74, 6) is -1.73. The number of amides is 2. The first-order valence-electron chi connectivity index (χ1n) is 8.89. The summed E-state index contributed by atoms with van der Waals surface area (Å²) in [6, 6.07) is 6.26. The molecule has 168 valence electrons. The van der Waals surface area contributed by atoms with Crippen molar-refractivity contribution in [2.75, 3.05) is 11.9 Å². The first kappa shape index (κ1) is 24.0. The zero-order valence-corrected chi connectivity index (χ0v) is 19.2. The molecule has 0 unspecified atom stereocenters. The second-order valence-electron chi connectivity index (χ2n) is 6.26. The van der Waals surface area contributed by atoms with Crippen molar-refractivity contribution in [2.24, 2.45) is 0 Å². The van der Waals surface area contributed by atoms with Crippen LogP contribution in [0.15, 0.2) is 41.0 Å². The summed E-state index contributed by atoms with van der Waals surface area (Å²) in [4.78, 5) is 29.4. The first-order chi connectivity index (χ1) is 15.0. The number of pyridine rings is 1. The molecule has 0 fully saturated rings. The Bertz CT molecular complexity index is 1200. The van der Waals surface area contributed by atoms with Crippen molar-refractivity contribution in [2.45, 2.75) is 13.1 Å². The molecule has 32 heavy (non-hydrogen) atoms. The maximum atomic E-state index is 13.3. The van der Waals surface area contributed by atoms with E-state index in [9.17, 15) is 22.8 Å². The zero-order valence-electron chi connectivity index (χ0n) is 16.1. The molecule has 2 amide bonds. The lowest BCUT2D eigenvalue weighted by atomic mass is 10.1. The van der Waals surface area contributed by atoms with E-state index >= 15 is 0 Å². The van der Waals surface area contributed by atoms with Crippen LogP contribution in [0.5, 0.6) is 0 Å². The molecule has 7 nitrogen and oxygen atoms in total. The molecule has 0 aliphatic carbocycles. The Kier molecular flexibility index (Phi) is 7.11. The molecule has 0 spiro atoms. The van der Waals surface area contributed by atoms with E-state index in [1.807, 2.05) is 0 Å². The lowest BCUT2D eigenvalue weighted by Crippen LogP contribution is -2.25. The topological polar surface area (TPSA) is 88.9 Å². The fourth-order valence-corrected chi connectivity index (χ4v) is 3.75. The highest BCUT2D eigenvalue weighted by molar-refractivity contribution is 9.10. The molecule has 0 atom stereocenters. The SMILES string of the molecule is CCNC(=O)c1cc(Br)cc(Cl)c1NC(=O)c1cc(C(F)(F)F)nn1-c1ncccc1Cl. The Morgan fingerprint density at radius 2 is 1.88 bits per heavy atom. The van der Waals surface area contributed by atoms with Gasteiger partial charge in [0.1, 0.15) is 5.69 Å². The average molecular weight is 551 g/mol. The van der Waals surface area contributed by atoms with Gasteiger partial charge in [-0.15, -0.1) is 0 Å². The van der Waals surface area contributed by atoms with Crippen molar-refractivity contribution in [3.63, 3.8) is 0 Å². The Labute approximate surface area is 198 Å². The van der Waals surface area contributed by atoms with Crippen molar-refractivity contribution in [3.05, 3.63) is 68.0 Å². The van der Waals surface area contributed by atoms with Crippen LogP contribution in [-0.4, -0.2) is 33.1 Å². The second kappa shape index (κ2) is 9.47. The number of nitrogens with zero attached hydrogens (tertiary/aromatic N) is 3. The number of hydrogen-bond donors (Lipinski definition) is 2. The number of carbonyl (C=O) groups is 2. The van der Waals surface area contributed by atoms with Crippen LogP contribution in [0.3, 0.4) is 0 Å². The molecule has 2 N–H and O–H groups in total. The standard InChI is InChI=1S/C19H13BrCl2F3N5O2/c1-2-26-17(31)10-6-9(20)7-12(22)15(10)28-18(32)13-8-14(19(23,24)25)29-30(13)16-11(21)4-3-5-27-16/h3-8H,2H2,1H3,(H,26,31)(H,28,32). The third-order valence-corrected chi connectivity index (χ3v) is 5.10. The number of aromatic nitrogens is 3. The highest BCUT2D eigenvalue weighted by atomic mass is 79.9. The van der Waals surface area contributed by atoms with Crippen LogP contribution in [-0.2, 0) is 6.18 Å². The quantitative estimate of drug-likeness (QED) is 0.448. The summed E-state index contributed by atoms with van der Waals surface area (Å²) in [6.45, 7) is 2.00. The van der Waals surface area contributed by atoms with Crippen molar-refractivity contribution in [1.29, 1.82) is 0 Å². The molecule has 2 aromatic heterocycles. The molecule has 3 rings (SSSR count). The van der Waals surface area contributed by atoms with E-state index in [2.05, 4.69) is 36.6 Å². The molecule has 3 aromatic rings. The van der Waals surface area contributed by atoms with E-state index in [0.717, 1.165) is 0 Å². The maximum Gasteiger partial charge on any atom is 0.435 e. The van der Waals surface area contributed by atoms with Gasteiger partial charge in [-0.05, 0) is 31.2 Å². The van der Waals surface area contributed by atoms with E-state index < -0.39 is 29.4 Å². The fourth-order valence-electron chi connectivity index (χ4n) is 2.69. The van der Waals surface area contributed by atoms with Gasteiger partial charge in [0.2, 0.25) is 0 Å². The number of anilines is 1. The number of alkyl halides is 3. The normalized spacial score (nSPS) is 11.3. The minimum absolute atomic E-state index is 0.00745. The highest BCUT2D eigenvalue weighted by Crippen LogP contribution is 2.33. The number of halogens is 6. The van der Waals surface area contributed by atoms with E-state index in [1.165, 1.54) is 30.5 Å².